The zero-order valence-corrected chi connectivity index (χ0v) is 24.0. The van der Waals surface area contributed by atoms with Gasteiger partial charge in [-0.1, -0.05) is 72.8 Å². The Hall–Kier alpha value is -3.50. The third-order valence-corrected chi connectivity index (χ3v) is 9.62. The van der Waals surface area contributed by atoms with Crippen molar-refractivity contribution < 1.29 is 23.9 Å². The van der Waals surface area contributed by atoms with Gasteiger partial charge in [-0.15, -0.1) is 0 Å². The number of carboxylic acid groups (broad SMARTS) is 1. The Bertz CT molecular complexity index is 1590. The number of nitrogens with one attached hydrogen (secondary N) is 2. The summed E-state index contributed by atoms with van der Waals surface area (Å²) in [5, 5.41) is 17.0. The lowest BCUT2D eigenvalue weighted by atomic mass is 9.55. The van der Waals surface area contributed by atoms with Crippen molar-refractivity contribution in [2.24, 2.45) is 5.84 Å². The van der Waals surface area contributed by atoms with E-state index in [9.17, 15) is 14.4 Å². The summed E-state index contributed by atoms with van der Waals surface area (Å²) in [6.45, 7) is 0. The van der Waals surface area contributed by atoms with Gasteiger partial charge in [0.25, 0.3) is 5.91 Å². The first kappa shape index (κ1) is 28.6. The molecule has 3 atom stereocenters. The van der Waals surface area contributed by atoms with Crippen molar-refractivity contribution >= 4 is 52.4 Å². The van der Waals surface area contributed by atoms with E-state index in [0.29, 0.717) is 40.4 Å². The SMILES string of the molecule is NN(C(=O)[C@@H]1NC2(CCCCC2)[C@@]2(C(=O)Nc3cc(Cl)ccc32)[C@H]1c1cccc(Cl)c1F)c1ccc(CC(=O)O)cc1. The van der Waals surface area contributed by atoms with E-state index in [1.165, 1.54) is 6.07 Å². The molecule has 8 nitrogen and oxygen atoms in total. The molecule has 6 rings (SSSR count). The fourth-order valence-corrected chi connectivity index (χ4v) is 7.79. The van der Waals surface area contributed by atoms with E-state index in [2.05, 4.69) is 10.6 Å². The van der Waals surface area contributed by atoms with Crippen LogP contribution in [0.5, 0.6) is 0 Å². The van der Waals surface area contributed by atoms with Crippen molar-refractivity contribution in [3.8, 4) is 0 Å². The summed E-state index contributed by atoms with van der Waals surface area (Å²) < 4.78 is 16.0. The van der Waals surface area contributed by atoms with Gasteiger partial charge in [0.1, 0.15) is 11.2 Å². The maximum absolute atomic E-state index is 16.0. The maximum atomic E-state index is 16.0. The van der Waals surface area contributed by atoms with E-state index in [4.69, 9.17) is 34.2 Å². The predicted octanol–water partition coefficient (Wildman–Crippen LogP) is 5.31. The van der Waals surface area contributed by atoms with Crippen LogP contribution < -0.4 is 21.5 Å². The number of nitrogens with two attached hydrogens (primary N) is 1. The number of nitrogens with zero attached hydrogens (tertiary/aromatic N) is 1. The number of aliphatic carboxylic acids is 1. The lowest BCUT2D eigenvalue weighted by Crippen LogP contribution is -2.60. The molecule has 2 fully saturated rings. The van der Waals surface area contributed by atoms with Crippen molar-refractivity contribution in [3.63, 3.8) is 0 Å². The summed E-state index contributed by atoms with van der Waals surface area (Å²) in [4.78, 5) is 39.9. The highest BCUT2D eigenvalue weighted by Gasteiger charge is 2.72. The van der Waals surface area contributed by atoms with Crippen LogP contribution >= 0.6 is 23.2 Å². The molecule has 1 aliphatic carbocycles. The zero-order chi connectivity index (χ0) is 29.8. The fourth-order valence-electron chi connectivity index (χ4n) is 7.43. The Morgan fingerprint density at radius 1 is 1.05 bits per heavy atom. The number of hydrazine groups is 1. The lowest BCUT2D eigenvalue weighted by molar-refractivity contribution is -0.136. The van der Waals surface area contributed by atoms with Crippen LogP contribution in [0.3, 0.4) is 0 Å². The molecular formula is C31H29Cl2FN4O4. The first-order chi connectivity index (χ1) is 20.1. The second-order valence-corrected chi connectivity index (χ2v) is 12.1. The van der Waals surface area contributed by atoms with Gasteiger partial charge in [0.15, 0.2) is 0 Å². The minimum atomic E-state index is -1.37. The number of halogens is 3. The number of carboxylic acids is 1. The van der Waals surface area contributed by atoms with E-state index in [1.807, 2.05) is 0 Å². The Morgan fingerprint density at radius 3 is 2.45 bits per heavy atom. The minimum absolute atomic E-state index is 0.119. The van der Waals surface area contributed by atoms with Gasteiger partial charge in [-0.05, 0) is 59.9 Å². The number of fused-ring (bicyclic) bond motifs is 3. The monoisotopic (exact) mass is 610 g/mol. The molecule has 0 bridgehead atoms. The van der Waals surface area contributed by atoms with Gasteiger partial charge in [0, 0.05) is 22.2 Å². The van der Waals surface area contributed by atoms with Gasteiger partial charge >= 0.3 is 5.97 Å². The van der Waals surface area contributed by atoms with Gasteiger partial charge in [-0.25, -0.2) is 15.2 Å². The highest BCUT2D eigenvalue weighted by Crippen LogP contribution is 2.63. The fraction of sp³-hybridized carbons (Fsp3) is 0.323. The molecule has 1 saturated carbocycles. The van der Waals surface area contributed by atoms with Crippen molar-refractivity contribution in [2.75, 3.05) is 10.3 Å². The van der Waals surface area contributed by atoms with Crippen LogP contribution in [0.25, 0.3) is 0 Å². The smallest absolute Gasteiger partial charge is 0.307 e. The molecule has 2 amide bonds. The van der Waals surface area contributed by atoms with Crippen LogP contribution in [0.1, 0.15) is 54.7 Å². The molecule has 3 aromatic carbocycles. The third kappa shape index (κ3) is 4.29. The number of anilines is 2. The van der Waals surface area contributed by atoms with Crippen molar-refractivity contribution in [3.05, 3.63) is 93.2 Å². The average Bonchev–Trinajstić information content (AvgIpc) is 3.41. The normalized spacial score (nSPS) is 24.0. The molecule has 218 valence electrons. The second-order valence-electron chi connectivity index (χ2n) is 11.3. The maximum Gasteiger partial charge on any atom is 0.307 e. The Labute approximate surface area is 251 Å². The minimum Gasteiger partial charge on any atom is -0.481 e. The third-order valence-electron chi connectivity index (χ3n) is 9.10. The molecule has 2 heterocycles. The van der Waals surface area contributed by atoms with E-state index in [1.54, 1.807) is 54.6 Å². The van der Waals surface area contributed by atoms with Gasteiger partial charge in [0.2, 0.25) is 5.91 Å². The summed E-state index contributed by atoms with van der Waals surface area (Å²) >= 11 is 12.6. The number of hydrogen-bond donors (Lipinski definition) is 4. The van der Waals surface area contributed by atoms with E-state index in [0.717, 1.165) is 24.3 Å². The molecule has 0 unspecified atom stereocenters. The second kappa shape index (κ2) is 10.6. The summed E-state index contributed by atoms with van der Waals surface area (Å²) in [5.74, 6) is 2.82. The Morgan fingerprint density at radius 2 is 1.76 bits per heavy atom. The average molecular weight is 612 g/mol. The molecule has 1 saturated heterocycles. The van der Waals surface area contributed by atoms with Gasteiger partial charge in [-0.3, -0.25) is 19.7 Å². The molecule has 0 aromatic heterocycles. The predicted molar refractivity (Wildman–Crippen MR) is 158 cm³/mol. The van der Waals surface area contributed by atoms with Crippen LogP contribution in [0, 0.1) is 5.82 Å². The summed E-state index contributed by atoms with van der Waals surface area (Å²) in [6, 6.07) is 15.0. The lowest BCUT2D eigenvalue weighted by Gasteiger charge is -2.47. The summed E-state index contributed by atoms with van der Waals surface area (Å²) in [7, 11) is 0. The molecular weight excluding hydrogens is 582 g/mol. The van der Waals surface area contributed by atoms with Gasteiger partial charge < -0.3 is 10.4 Å². The molecule has 11 heteroatoms. The molecule has 3 aliphatic rings. The standard InChI is InChI=1S/C31H29Cl2FN4O4/c32-18-9-12-21-23(16-18)36-29(42)31(21)25(20-5-4-6-22(33)26(20)34)27(37-30(31)13-2-1-3-14-30)28(41)38(35)19-10-7-17(8-11-19)15-24(39)40/h4-12,16,25,27,37H,1-3,13-15,35H2,(H,36,42)(H,39,40)/t25-,27+,31+/m0/s1. The highest BCUT2D eigenvalue weighted by molar-refractivity contribution is 6.31. The van der Waals surface area contributed by atoms with Crippen molar-refractivity contribution in [1.29, 1.82) is 0 Å². The molecule has 2 spiro atoms. The first-order valence-electron chi connectivity index (χ1n) is 13.8. The van der Waals surface area contributed by atoms with Crippen molar-refractivity contribution in [2.45, 2.75) is 61.4 Å². The molecule has 2 aliphatic heterocycles. The number of amides is 2. The molecule has 3 aromatic rings. The largest absolute Gasteiger partial charge is 0.481 e. The number of benzene rings is 3. The number of rotatable bonds is 5. The van der Waals surface area contributed by atoms with Crippen LogP contribution in [-0.4, -0.2) is 34.5 Å². The van der Waals surface area contributed by atoms with E-state index < -0.39 is 40.6 Å². The van der Waals surface area contributed by atoms with Crippen molar-refractivity contribution in [1.82, 2.24) is 5.32 Å². The Balaban J connectivity index is 1.54. The summed E-state index contributed by atoms with van der Waals surface area (Å²) in [5.41, 5.74) is -0.0815. The van der Waals surface area contributed by atoms with Crippen LogP contribution in [-0.2, 0) is 26.2 Å². The van der Waals surface area contributed by atoms with E-state index >= 15 is 4.39 Å². The molecule has 5 N–H and O–H groups in total. The van der Waals surface area contributed by atoms with Crippen LogP contribution in [0.4, 0.5) is 15.8 Å². The number of hydrogen-bond acceptors (Lipinski definition) is 5. The highest BCUT2D eigenvalue weighted by atomic mass is 35.5. The van der Waals surface area contributed by atoms with Gasteiger partial charge in [-0.2, -0.15) is 0 Å². The number of carbonyl (C=O) groups excluding carboxylic acids is 2. The van der Waals surface area contributed by atoms with Crippen LogP contribution in [0.2, 0.25) is 10.0 Å². The van der Waals surface area contributed by atoms with Gasteiger partial charge in [0.05, 0.1) is 23.2 Å². The first-order valence-corrected chi connectivity index (χ1v) is 14.6. The quantitative estimate of drug-likeness (QED) is 0.176. The zero-order valence-electron chi connectivity index (χ0n) is 22.5. The van der Waals surface area contributed by atoms with E-state index in [-0.39, 0.29) is 22.9 Å². The topological polar surface area (TPSA) is 125 Å². The number of carbonyl (C=O) groups is 3. The summed E-state index contributed by atoms with van der Waals surface area (Å²) in [6.07, 6.45) is 3.58. The Kier molecular flexibility index (Phi) is 7.25. The molecule has 42 heavy (non-hydrogen) atoms. The van der Waals surface area contributed by atoms with Crippen LogP contribution in [0.15, 0.2) is 60.7 Å². The molecule has 0 radical (unpaired) electrons.